The van der Waals surface area contributed by atoms with Gasteiger partial charge in [0.15, 0.2) is 11.5 Å². The second kappa shape index (κ2) is 7.42. The lowest BCUT2D eigenvalue weighted by Gasteiger charge is -2.22. The number of hydrogen-bond acceptors (Lipinski definition) is 6. The topological polar surface area (TPSA) is 74.3 Å². The molecule has 1 unspecified atom stereocenters. The monoisotopic (exact) mass is 337 g/mol. The van der Waals surface area contributed by atoms with Crippen LogP contribution in [-0.2, 0) is 16.0 Å². The lowest BCUT2D eigenvalue weighted by atomic mass is 10.0. The zero-order valence-electron chi connectivity index (χ0n) is 14.6. The zero-order chi connectivity index (χ0) is 17.9. The summed E-state index contributed by atoms with van der Waals surface area (Å²) in [6, 6.07) is 3.16. The Balaban J connectivity index is 2.27. The number of carbonyl (C=O) groups excluding carboxylic acids is 2. The molecule has 1 saturated heterocycles. The number of nitrogens with zero attached hydrogens (tertiary/aromatic N) is 1. The fourth-order valence-electron chi connectivity index (χ4n) is 2.71. The highest BCUT2D eigenvalue weighted by molar-refractivity contribution is 5.94. The van der Waals surface area contributed by atoms with Crippen molar-refractivity contribution < 1.29 is 28.5 Å². The highest BCUT2D eigenvalue weighted by Crippen LogP contribution is 2.38. The van der Waals surface area contributed by atoms with Gasteiger partial charge >= 0.3 is 6.09 Å². The predicted molar refractivity (Wildman–Crippen MR) is 86.6 cm³/mol. The SMILES string of the molecule is COc1cc(CC(=O)N2C(=O)OCC2C(C)C)cc(OC)c1OC. The van der Waals surface area contributed by atoms with Gasteiger partial charge in [0.05, 0.1) is 33.8 Å². The van der Waals surface area contributed by atoms with Crippen LogP contribution in [0.1, 0.15) is 19.4 Å². The molecular formula is C17H23NO6. The van der Waals surface area contributed by atoms with Crippen molar-refractivity contribution in [1.82, 2.24) is 4.90 Å². The van der Waals surface area contributed by atoms with Gasteiger partial charge < -0.3 is 18.9 Å². The van der Waals surface area contributed by atoms with Crippen LogP contribution in [0.5, 0.6) is 17.2 Å². The highest BCUT2D eigenvalue weighted by Gasteiger charge is 2.39. The second-order valence-electron chi connectivity index (χ2n) is 5.86. The first kappa shape index (κ1) is 17.9. The number of carbonyl (C=O) groups is 2. The summed E-state index contributed by atoms with van der Waals surface area (Å²) in [5, 5.41) is 0. The van der Waals surface area contributed by atoms with Crippen molar-refractivity contribution in [2.75, 3.05) is 27.9 Å². The van der Waals surface area contributed by atoms with E-state index in [1.807, 2.05) is 13.8 Å². The summed E-state index contributed by atoms with van der Waals surface area (Å²) in [7, 11) is 4.53. The summed E-state index contributed by atoms with van der Waals surface area (Å²) >= 11 is 0. The molecule has 24 heavy (non-hydrogen) atoms. The first-order valence-corrected chi connectivity index (χ1v) is 7.70. The quantitative estimate of drug-likeness (QED) is 0.793. The number of cyclic esters (lactones) is 1. The van der Waals surface area contributed by atoms with Crippen LogP contribution in [-0.4, -0.2) is 50.9 Å². The van der Waals surface area contributed by atoms with E-state index in [0.29, 0.717) is 22.8 Å². The Hall–Kier alpha value is -2.44. The number of imide groups is 1. The van der Waals surface area contributed by atoms with E-state index in [9.17, 15) is 9.59 Å². The molecule has 1 heterocycles. The Labute approximate surface area is 141 Å². The molecule has 132 valence electrons. The minimum Gasteiger partial charge on any atom is -0.493 e. The Bertz CT molecular complexity index is 603. The third-order valence-corrected chi connectivity index (χ3v) is 4.02. The molecule has 1 fully saturated rings. The molecule has 2 amide bonds. The fourth-order valence-corrected chi connectivity index (χ4v) is 2.71. The van der Waals surface area contributed by atoms with E-state index in [0.717, 1.165) is 0 Å². The molecule has 0 N–H and O–H groups in total. The van der Waals surface area contributed by atoms with Gasteiger partial charge in [0, 0.05) is 0 Å². The molecule has 0 aromatic heterocycles. The number of amides is 2. The highest BCUT2D eigenvalue weighted by atomic mass is 16.6. The summed E-state index contributed by atoms with van der Waals surface area (Å²) in [6.07, 6.45) is -0.555. The molecule has 2 rings (SSSR count). The van der Waals surface area contributed by atoms with Crippen molar-refractivity contribution >= 4 is 12.0 Å². The van der Waals surface area contributed by atoms with Crippen molar-refractivity contribution in [1.29, 1.82) is 0 Å². The summed E-state index contributed by atoms with van der Waals surface area (Å²) in [4.78, 5) is 25.7. The molecule has 0 radical (unpaired) electrons. The Kier molecular flexibility index (Phi) is 5.54. The van der Waals surface area contributed by atoms with Gasteiger partial charge in [0.25, 0.3) is 0 Å². The first-order chi connectivity index (χ1) is 11.4. The van der Waals surface area contributed by atoms with Crippen molar-refractivity contribution in [2.24, 2.45) is 5.92 Å². The van der Waals surface area contributed by atoms with Crippen molar-refractivity contribution in [2.45, 2.75) is 26.3 Å². The molecule has 1 aromatic carbocycles. The van der Waals surface area contributed by atoms with Crippen LogP contribution >= 0.6 is 0 Å². The van der Waals surface area contributed by atoms with Gasteiger partial charge in [-0.2, -0.15) is 0 Å². The summed E-state index contributed by atoms with van der Waals surface area (Å²) in [5.41, 5.74) is 0.664. The summed E-state index contributed by atoms with van der Waals surface area (Å²) in [6.45, 7) is 4.14. The number of rotatable bonds is 6. The van der Waals surface area contributed by atoms with Crippen LogP contribution in [0.2, 0.25) is 0 Å². The lowest BCUT2D eigenvalue weighted by Crippen LogP contribution is -2.42. The minimum absolute atomic E-state index is 0.0367. The molecule has 0 saturated carbocycles. The van der Waals surface area contributed by atoms with Crippen LogP contribution in [0.25, 0.3) is 0 Å². The maximum absolute atomic E-state index is 12.6. The average Bonchev–Trinajstić information content (AvgIpc) is 2.95. The van der Waals surface area contributed by atoms with E-state index in [1.54, 1.807) is 12.1 Å². The van der Waals surface area contributed by atoms with Crippen molar-refractivity contribution in [3.8, 4) is 17.2 Å². The van der Waals surface area contributed by atoms with Gasteiger partial charge in [-0.05, 0) is 23.6 Å². The van der Waals surface area contributed by atoms with Gasteiger partial charge in [-0.25, -0.2) is 9.69 Å². The first-order valence-electron chi connectivity index (χ1n) is 7.70. The number of benzene rings is 1. The van der Waals surface area contributed by atoms with Gasteiger partial charge in [0.1, 0.15) is 6.61 Å². The fraction of sp³-hybridized carbons (Fsp3) is 0.529. The van der Waals surface area contributed by atoms with Crippen LogP contribution in [0.15, 0.2) is 12.1 Å². The molecule has 7 nitrogen and oxygen atoms in total. The smallest absolute Gasteiger partial charge is 0.416 e. The van der Waals surface area contributed by atoms with Crippen LogP contribution < -0.4 is 14.2 Å². The van der Waals surface area contributed by atoms with E-state index in [2.05, 4.69) is 0 Å². The molecule has 1 atom stereocenters. The van der Waals surface area contributed by atoms with Gasteiger partial charge in [-0.1, -0.05) is 13.8 Å². The Morgan fingerprint density at radius 2 is 1.79 bits per heavy atom. The summed E-state index contributed by atoms with van der Waals surface area (Å²) < 4.78 is 20.9. The molecule has 0 spiro atoms. The van der Waals surface area contributed by atoms with Gasteiger partial charge in [-0.3, -0.25) is 4.79 Å². The summed E-state index contributed by atoms with van der Waals surface area (Å²) in [5.74, 6) is 1.19. The van der Waals surface area contributed by atoms with E-state index in [1.165, 1.54) is 26.2 Å². The Morgan fingerprint density at radius 3 is 2.25 bits per heavy atom. The number of methoxy groups -OCH3 is 3. The number of ether oxygens (including phenoxy) is 4. The lowest BCUT2D eigenvalue weighted by molar-refractivity contribution is -0.129. The second-order valence-corrected chi connectivity index (χ2v) is 5.86. The molecule has 7 heteroatoms. The van der Waals surface area contributed by atoms with Crippen LogP contribution in [0.3, 0.4) is 0 Å². The third-order valence-electron chi connectivity index (χ3n) is 4.02. The standard InChI is InChI=1S/C17H23NO6/c1-10(2)12-9-24-17(20)18(12)15(19)8-11-6-13(21-3)16(23-5)14(7-11)22-4/h6-7,10,12H,8-9H2,1-5H3. The van der Waals surface area contributed by atoms with Crippen LogP contribution in [0.4, 0.5) is 4.79 Å². The van der Waals surface area contributed by atoms with Gasteiger partial charge in [-0.15, -0.1) is 0 Å². The normalized spacial score (nSPS) is 17.0. The van der Waals surface area contributed by atoms with E-state index >= 15 is 0 Å². The maximum Gasteiger partial charge on any atom is 0.416 e. The van der Waals surface area contributed by atoms with E-state index < -0.39 is 6.09 Å². The molecular weight excluding hydrogens is 314 g/mol. The third kappa shape index (κ3) is 3.39. The van der Waals surface area contributed by atoms with E-state index in [-0.39, 0.29) is 30.9 Å². The largest absolute Gasteiger partial charge is 0.493 e. The Morgan fingerprint density at radius 1 is 1.21 bits per heavy atom. The molecule has 1 aliphatic heterocycles. The zero-order valence-corrected chi connectivity index (χ0v) is 14.6. The van der Waals surface area contributed by atoms with E-state index in [4.69, 9.17) is 18.9 Å². The molecule has 0 aliphatic carbocycles. The molecule has 1 aliphatic rings. The maximum atomic E-state index is 12.6. The predicted octanol–water partition coefficient (Wildman–Crippen LogP) is 2.26. The average molecular weight is 337 g/mol. The van der Waals surface area contributed by atoms with Crippen molar-refractivity contribution in [3.63, 3.8) is 0 Å². The van der Waals surface area contributed by atoms with Crippen molar-refractivity contribution in [3.05, 3.63) is 17.7 Å². The number of hydrogen-bond donors (Lipinski definition) is 0. The van der Waals surface area contributed by atoms with Crippen LogP contribution in [0, 0.1) is 5.92 Å². The molecule has 0 bridgehead atoms. The minimum atomic E-state index is -0.592. The van der Waals surface area contributed by atoms with Gasteiger partial charge in [0.2, 0.25) is 11.7 Å². The molecule has 1 aromatic rings.